The summed E-state index contributed by atoms with van der Waals surface area (Å²) in [6, 6.07) is 3.26. The van der Waals surface area contributed by atoms with Crippen molar-refractivity contribution in [3.05, 3.63) is 36.9 Å². The van der Waals surface area contributed by atoms with Gasteiger partial charge in [0.15, 0.2) is 0 Å². The highest BCUT2D eigenvalue weighted by Crippen LogP contribution is 2.23. The third kappa shape index (κ3) is 2.18. The largest absolute Gasteiger partial charge is 0.270 e. The van der Waals surface area contributed by atoms with Crippen LogP contribution in [0, 0.1) is 20.6 Å². The van der Waals surface area contributed by atoms with Gasteiger partial charge in [-0.25, -0.2) is 0 Å². The molecule has 0 bridgehead atoms. The molecule has 1 aromatic carbocycles. The highest BCUT2D eigenvalue weighted by atomic mass is 127. The van der Waals surface area contributed by atoms with Gasteiger partial charge in [0, 0.05) is 15.7 Å². The van der Waals surface area contributed by atoms with Crippen molar-refractivity contribution in [2.75, 3.05) is 0 Å². The van der Waals surface area contributed by atoms with Gasteiger partial charge in [0.2, 0.25) is 0 Å². The molecule has 0 aliphatic rings. The van der Waals surface area contributed by atoms with Crippen LogP contribution in [0.25, 0.3) is 0 Å². The standard InChI is InChI=1S/C9H10INO2/c1-3-7-5-8(11(12)13)4-6(2)9(7)10/h4-5H,3H2,1-2H3. The summed E-state index contributed by atoms with van der Waals surface area (Å²) in [4.78, 5) is 10.2. The van der Waals surface area contributed by atoms with Crippen LogP contribution >= 0.6 is 22.6 Å². The zero-order chi connectivity index (χ0) is 10.0. The number of nitro groups is 1. The fourth-order valence-corrected chi connectivity index (χ4v) is 1.88. The van der Waals surface area contributed by atoms with E-state index in [4.69, 9.17) is 0 Å². The number of non-ortho nitro benzene ring substituents is 1. The lowest BCUT2D eigenvalue weighted by Crippen LogP contribution is -1.95. The lowest BCUT2D eigenvalue weighted by atomic mass is 10.1. The van der Waals surface area contributed by atoms with Crippen LogP contribution < -0.4 is 0 Å². The number of nitro benzene ring substituents is 1. The highest BCUT2D eigenvalue weighted by Gasteiger charge is 2.10. The summed E-state index contributed by atoms with van der Waals surface area (Å²) in [5.41, 5.74) is 2.22. The third-order valence-electron chi connectivity index (χ3n) is 1.91. The summed E-state index contributed by atoms with van der Waals surface area (Å²) < 4.78 is 1.13. The van der Waals surface area contributed by atoms with Gasteiger partial charge in [0.1, 0.15) is 0 Å². The second-order valence-corrected chi connectivity index (χ2v) is 3.93. The van der Waals surface area contributed by atoms with E-state index in [-0.39, 0.29) is 10.6 Å². The molecule has 0 saturated heterocycles. The summed E-state index contributed by atoms with van der Waals surface area (Å²) >= 11 is 2.22. The number of halogens is 1. The summed E-state index contributed by atoms with van der Waals surface area (Å²) in [6.45, 7) is 3.90. The van der Waals surface area contributed by atoms with Gasteiger partial charge in [-0.15, -0.1) is 0 Å². The van der Waals surface area contributed by atoms with E-state index >= 15 is 0 Å². The van der Waals surface area contributed by atoms with Gasteiger partial charge in [0.05, 0.1) is 4.92 Å². The molecular weight excluding hydrogens is 281 g/mol. The minimum absolute atomic E-state index is 0.190. The van der Waals surface area contributed by atoms with Crippen molar-refractivity contribution in [1.82, 2.24) is 0 Å². The molecule has 0 fully saturated rings. The Morgan fingerprint density at radius 1 is 1.54 bits per heavy atom. The normalized spacial score (nSPS) is 10.1. The van der Waals surface area contributed by atoms with E-state index in [1.165, 1.54) is 0 Å². The topological polar surface area (TPSA) is 43.1 Å². The lowest BCUT2D eigenvalue weighted by Gasteiger charge is -2.04. The smallest absolute Gasteiger partial charge is 0.258 e. The fourth-order valence-electron chi connectivity index (χ4n) is 1.18. The molecule has 0 spiro atoms. The van der Waals surface area contributed by atoms with Crippen molar-refractivity contribution in [3.63, 3.8) is 0 Å². The first-order valence-corrected chi connectivity index (χ1v) is 5.07. The van der Waals surface area contributed by atoms with Crippen LogP contribution in [0.1, 0.15) is 18.1 Å². The maximum atomic E-state index is 10.5. The van der Waals surface area contributed by atoms with Crippen molar-refractivity contribution in [2.45, 2.75) is 20.3 Å². The quantitative estimate of drug-likeness (QED) is 0.477. The Morgan fingerprint density at radius 2 is 2.15 bits per heavy atom. The number of hydrogen-bond acceptors (Lipinski definition) is 2. The first kappa shape index (κ1) is 10.4. The number of benzene rings is 1. The fraction of sp³-hybridized carbons (Fsp3) is 0.333. The molecule has 0 atom stereocenters. The SMILES string of the molecule is CCc1cc([N+](=O)[O-])cc(C)c1I. The first-order chi connectivity index (χ1) is 6.06. The van der Waals surface area contributed by atoms with E-state index in [9.17, 15) is 10.1 Å². The molecule has 0 unspecified atom stereocenters. The lowest BCUT2D eigenvalue weighted by molar-refractivity contribution is -0.385. The predicted molar refractivity (Wildman–Crippen MR) is 59.9 cm³/mol. The summed E-state index contributed by atoms with van der Waals surface area (Å²) in [5.74, 6) is 0. The number of nitrogens with zero attached hydrogens (tertiary/aromatic N) is 1. The van der Waals surface area contributed by atoms with Gasteiger partial charge >= 0.3 is 0 Å². The molecule has 13 heavy (non-hydrogen) atoms. The minimum atomic E-state index is -0.345. The van der Waals surface area contributed by atoms with E-state index in [0.29, 0.717) is 0 Å². The Bertz CT molecular complexity index is 350. The van der Waals surface area contributed by atoms with E-state index in [0.717, 1.165) is 21.1 Å². The summed E-state index contributed by atoms with van der Waals surface area (Å²) in [7, 11) is 0. The van der Waals surface area contributed by atoms with Crippen LogP contribution in [-0.2, 0) is 6.42 Å². The van der Waals surface area contributed by atoms with Crippen LogP contribution in [-0.4, -0.2) is 4.92 Å². The monoisotopic (exact) mass is 291 g/mol. The number of aryl methyl sites for hydroxylation is 2. The molecule has 0 saturated carbocycles. The Labute approximate surface area is 90.4 Å². The summed E-state index contributed by atoms with van der Waals surface area (Å²) in [6.07, 6.45) is 0.834. The molecule has 1 aromatic rings. The van der Waals surface area contributed by atoms with Gasteiger partial charge in [-0.1, -0.05) is 6.92 Å². The molecule has 0 amide bonds. The van der Waals surface area contributed by atoms with E-state index in [2.05, 4.69) is 22.6 Å². The van der Waals surface area contributed by atoms with Gasteiger partial charge in [0.25, 0.3) is 5.69 Å². The van der Waals surface area contributed by atoms with Crippen molar-refractivity contribution in [3.8, 4) is 0 Å². The molecular formula is C9H10INO2. The highest BCUT2D eigenvalue weighted by molar-refractivity contribution is 14.1. The van der Waals surface area contributed by atoms with Crippen molar-refractivity contribution >= 4 is 28.3 Å². The zero-order valence-electron chi connectivity index (χ0n) is 7.50. The van der Waals surface area contributed by atoms with Crippen LogP contribution in [0.3, 0.4) is 0 Å². The third-order valence-corrected chi connectivity index (χ3v) is 3.45. The first-order valence-electron chi connectivity index (χ1n) is 3.99. The number of hydrogen-bond donors (Lipinski definition) is 0. The maximum Gasteiger partial charge on any atom is 0.270 e. The minimum Gasteiger partial charge on any atom is -0.258 e. The Hall–Kier alpha value is -0.650. The Kier molecular flexibility index (Phi) is 3.24. The average Bonchev–Trinajstić information content (AvgIpc) is 2.09. The van der Waals surface area contributed by atoms with Crippen LogP contribution in [0.2, 0.25) is 0 Å². The predicted octanol–water partition coefficient (Wildman–Crippen LogP) is 3.07. The maximum absolute atomic E-state index is 10.5. The molecule has 0 radical (unpaired) electrons. The van der Waals surface area contributed by atoms with Crippen LogP contribution in [0.4, 0.5) is 5.69 Å². The van der Waals surface area contributed by atoms with E-state index < -0.39 is 0 Å². The number of rotatable bonds is 2. The Balaban J connectivity index is 3.30. The van der Waals surface area contributed by atoms with Gasteiger partial charge in [-0.3, -0.25) is 10.1 Å². The average molecular weight is 291 g/mol. The molecule has 3 nitrogen and oxygen atoms in total. The van der Waals surface area contributed by atoms with Crippen molar-refractivity contribution < 1.29 is 4.92 Å². The van der Waals surface area contributed by atoms with Gasteiger partial charge in [-0.2, -0.15) is 0 Å². The van der Waals surface area contributed by atoms with Gasteiger partial charge < -0.3 is 0 Å². The van der Waals surface area contributed by atoms with Crippen LogP contribution in [0.15, 0.2) is 12.1 Å². The van der Waals surface area contributed by atoms with Gasteiger partial charge in [-0.05, 0) is 47.1 Å². The van der Waals surface area contributed by atoms with E-state index in [1.807, 2.05) is 13.8 Å². The molecule has 0 N–H and O–H groups in total. The molecule has 0 aromatic heterocycles. The molecule has 0 aliphatic heterocycles. The van der Waals surface area contributed by atoms with E-state index in [1.54, 1.807) is 12.1 Å². The Morgan fingerprint density at radius 3 is 2.62 bits per heavy atom. The second-order valence-electron chi connectivity index (χ2n) is 2.85. The van der Waals surface area contributed by atoms with Crippen molar-refractivity contribution in [1.29, 1.82) is 0 Å². The summed E-state index contributed by atoms with van der Waals surface area (Å²) in [5, 5.41) is 10.5. The van der Waals surface area contributed by atoms with Crippen molar-refractivity contribution in [2.24, 2.45) is 0 Å². The molecule has 70 valence electrons. The van der Waals surface area contributed by atoms with Crippen LogP contribution in [0.5, 0.6) is 0 Å². The molecule has 0 aliphatic carbocycles. The molecule has 1 rings (SSSR count). The molecule has 4 heteroatoms. The second kappa shape index (κ2) is 4.04. The zero-order valence-corrected chi connectivity index (χ0v) is 9.66. The molecule has 0 heterocycles.